The normalized spacial score (nSPS) is 13.1. The molecular weight excluding hydrogens is 610 g/mol. The van der Waals surface area contributed by atoms with Gasteiger partial charge in [0, 0.05) is 37.0 Å². The molecule has 0 saturated heterocycles. The van der Waals surface area contributed by atoms with Crippen molar-refractivity contribution >= 4 is 43.7 Å². The quantitative estimate of drug-likeness (QED) is 0.112. The van der Waals surface area contributed by atoms with Crippen LogP contribution in [-0.2, 0) is 28.4 Å². The van der Waals surface area contributed by atoms with Crippen molar-refractivity contribution in [2.75, 3.05) is 0 Å². The third-order valence-electron chi connectivity index (χ3n) is 7.70. The van der Waals surface area contributed by atoms with Crippen LogP contribution in [0.25, 0.3) is 0 Å². The monoisotopic (exact) mass is 664 g/mol. The summed E-state index contributed by atoms with van der Waals surface area (Å²) in [7, 11) is -0.190. The maximum atomic E-state index is 3.60. The van der Waals surface area contributed by atoms with Crippen molar-refractivity contribution in [3.63, 3.8) is 0 Å². The molecule has 4 rings (SSSR count). The molecule has 0 amide bonds. The fourth-order valence-corrected chi connectivity index (χ4v) is 16.2. The first kappa shape index (κ1) is 36.3. The van der Waals surface area contributed by atoms with Crippen molar-refractivity contribution in [2.45, 2.75) is 102 Å². The fraction of sp³-hybridized carbons (Fsp3) is 0.471. The van der Waals surface area contributed by atoms with Crippen LogP contribution in [0.1, 0.15) is 64.1 Å². The molecule has 1 unspecified atom stereocenters. The minimum Gasteiger partial charge on any atom is -0.365 e. The summed E-state index contributed by atoms with van der Waals surface area (Å²) in [5.41, 5.74) is 5.60. The Morgan fingerprint density at radius 2 is 1.27 bits per heavy atom. The van der Waals surface area contributed by atoms with Crippen LogP contribution in [0.3, 0.4) is 0 Å². The van der Waals surface area contributed by atoms with E-state index in [2.05, 4.69) is 143 Å². The topological polar surface area (TPSA) is 31.6 Å². The number of nitrogens with one attached hydrogen (secondary N) is 2. The molecule has 7 heteroatoms. The van der Waals surface area contributed by atoms with Gasteiger partial charge in [0.05, 0.1) is 8.07 Å². The van der Waals surface area contributed by atoms with Crippen LogP contribution in [0.15, 0.2) is 73.1 Å². The van der Waals surface area contributed by atoms with Gasteiger partial charge in [-0.15, -0.1) is 9.24 Å². The Hall–Kier alpha value is -0.927. The Labute approximate surface area is 267 Å². The summed E-state index contributed by atoms with van der Waals surface area (Å²) in [6.07, 6.45) is 5.31. The number of rotatable bonds is 7. The Balaban J connectivity index is 0.000000883. The number of hydrogen-bond acceptors (Lipinski definition) is 0. The zero-order valence-corrected chi connectivity index (χ0v) is 32.7. The minimum absolute atomic E-state index is 0. The van der Waals surface area contributed by atoms with Gasteiger partial charge in [-0.1, -0.05) is 88.7 Å². The van der Waals surface area contributed by atoms with Crippen molar-refractivity contribution in [2.24, 2.45) is 0 Å². The maximum Gasteiger partial charge on any atom is 2.00 e. The summed E-state index contributed by atoms with van der Waals surface area (Å²) in [6, 6.07) is 21.4. The van der Waals surface area contributed by atoms with Gasteiger partial charge in [-0.3, -0.25) is 0 Å². The molecule has 2 nitrogen and oxygen atoms in total. The van der Waals surface area contributed by atoms with Crippen LogP contribution >= 0.6 is 17.2 Å². The number of aromatic amines is 2. The third-order valence-corrected chi connectivity index (χ3v) is 16.8. The first-order chi connectivity index (χ1) is 18.3. The molecule has 41 heavy (non-hydrogen) atoms. The van der Waals surface area contributed by atoms with E-state index in [4.69, 9.17) is 0 Å². The van der Waals surface area contributed by atoms with E-state index in [1.165, 1.54) is 23.1 Å². The van der Waals surface area contributed by atoms with Gasteiger partial charge in [0.25, 0.3) is 0 Å². The van der Waals surface area contributed by atoms with Crippen LogP contribution in [0.4, 0.5) is 0 Å². The van der Waals surface area contributed by atoms with Crippen LogP contribution in [0, 0.1) is 0 Å². The second kappa shape index (κ2) is 13.4. The summed E-state index contributed by atoms with van der Waals surface area (Å²) in [6.45, 7) is 30.0. The molecule has 2 N–H and O–H groups in total. The van der Waals surface area contributed by atoms with E-state index < -0.39 is 16.1 Å². The van der Waals surface area contributed by atoms with Crippen molar-refractivity contribution in [1.29, 1.82) is 0 Å². The van der Waals surface area contributed by atoms with Crippen molar-refractivity contribution in [3.8, 4) is 0 Å². The molecule has 0 fully saturated rings. The van der Waals surface area contributed by atoms with E-state index in [1.807, 2.05) is 30.3 Å². The SMILES string of the molecule is CC(C)(C)P(Cc1c(C(P)(c2ccc[nH]2)c2ccc[nH]2)cc([Si](C)(C)C)[c-]1[Si](C)(C)C)C(C)(C)C.[Fe+2].c1cc[cH-]c1. The van der Waals surface area contributed by atoms with Gasteiger partial charge < -0.3 is 9.97 Å². The largest absolute Gasteiger partial charge is 2.00 e. The molecule has 0 aliphatic rings. The molecule has 2 aromatic carbocycles. The smallest absolute Gasteiger partial charge is 0.365 e. The molecule has 226 valence electrons. The second-order valence-electron chi connectivity index (χ2n) is 15.2. The molecule has 0 aliphatic heterocycles. The first-order valence-electron chi connectivity index (χ1n) is 14.6. The molecule has 2 heterocycles. The number of aromatic nitrogens is 2. The molecule has 4 aromatic rings. The van der Waals surface area contributed by atoms with E-state index in [1.54, 1.807) is 15.9 Å². The molecule has 0 radical (unpaired) electrons. The van der Waals surface area contributed by atoms with Gasteiger partial charge in [-0.25, -0.2) is 18.2 Å². The summed E-state index contributed by atoms with van der Waals surface area (Å²) in [4.78, 5) is 7.20. The maximum absolute atomic E-state index is 3.60. The van der Waals surface area contributed by atoms with Crippen LogP contribution < -0.4 is 10.4 Å². The molecule has 0 aliphatic carbocycles. The van der Waals surface area contributed by atoms with Gasteiger partial charge >= 0.3 is 17.1 Å². The molecule has 0 spiro atoms. The van der Waals surface area contributed by atoms with Crippen molar-refractivity contribution < 1.29 is 17.1 Å². The Bertz CT molecular complexity index is 1240. The van der Waals surface area contributed by atoms with E-state index in [9.17, 15) is 0 Å². The number of hydrogen-bond donors (Lipinski definition) is 2. The second-order valence-corrected chi connectivity index (χ2v) is 30.0. The van der Waals surface area contributed by atoms with Gasteiger partial charge in [0.1, 0.15) is 0 Å². The van der Waals surface area contributed by atoms with E-state index in [-0.39, 0.29) is 40.5 Å². The van der Waals surface area contributed by atoms with E-state index >= 15 is 0 Å². The molecule has 0 bridgehead atoms. The van der Waals surface area contributed by atoms with E-state index in [0.29, 0.717) is 0 Å². The standard InChI is InChI=1S/C29H49N2P2Si2.C5H5.Fe/c1-27(2,3)33(28(4,5)6)20-21-22(19-23(34(7,8)9)26(21)35(10,11)12)29(32,24-15-13-17-30-24)25-16-14-18-31-25;1-2-4-5-3-1;/h13-19,30-31H,20,32H2,1-12H3;1-5H;/q2*-1;+2. The third kappa shape index (κ3) is 8.38. The molecule has 1 atom stereocenters. The Kier molecular flexibility index (Phi) is 11.8. The Morgan fingerprint density at radius 3 is 1.56 bits per heavy atom. The van der Waals surface area contributed by atoms with E-state index in [0.717, 1.165) is 0 Å². The van der Waals surface area contributed by atoms with Gasteiger partial charge in [0.15, 0.2) is 0 Å². The predicted octanol–water partition coefficient (Wildman–Crippen LogP) is 9.30. The van der Waals surface area contributed by atoms with Crippen LogP contribution in [-0.4, -0.2) is 36.4 Å². The average Bonchev–Trinajstić information content (AvgIpc) is 3.62. The fourth-order valence-electron chi connectivity index (χ4n) is 6.11. The Morgan fingerprint density at radius 1 is 0.805 bits per heavy atom. The van der Waals surface area contributed by atoms with Crippen LogP contribution in [0.5, 0.6) is 0 Å². The molecular formula is C34H54FeN2P2Si2. The summed E-state index contributed by atoms with van der Waals surface area (Å²) in [5.74, 6) is 0. The number of H-pyrrole nitrogens is 2. The van der Waals surface area contributed by atoms with Gasteiger partial charge in [-0.2, -0.15) is 39.7 Å². The molecule has 2 aromatic heterocycles. The van der Waals surface area contributed by atoms with Gasteiger partial charge in [-0.05, 0) is 40.7 Å². The van der Waals surface area contributed by atoms with Gasteiger partial charge in [0.2, 0.25) is 0 Å². The summed E-state index contributed by atoms with van der Waals surface area (Å²) >= 11 is 0. The zero-order chi connectivity index (χ0) is 30.1. The molecule has 0 saturated carbocycles. The summed E-state index contributed by atoms with van der Waals surface area (Å²) in [5, 5.41) is 3.66. The first-order valence-corrected chi connectivity index (χ1v) is 23.7. The zero-order valence-electron chi connectivity index (χ0n) is 27.5. The predicted molar refractivity (Wildman–Crippen MR) is 191 cm³/mol. The minimum atomic E-state index is -1.63. The van der Waals surface area contributed by atoms with Crippen molar-refractivity contribution in [3.05, 3.63) is 95.6 Å². The summed E-state index contributed by atoms with van der Waals surface area (Å²) < 4.78 is 0. The average molecular weight is 665 g/mol. The van der Waals surface area contributed by atoms with Crippen molar-refractivity contribution in [1.82, 2.24) is 9.97 Å². The van der Waals surface area contributed by atoms with Crippen LogP contribution in [0.2, 0.25) is 39.3 Å².